The third kappa shape index (κ3) is 3.10. The number of nitrogens with zero attached hydrogens (tertiary/aromatic N) is 3. The van der Waals surface area contributed by atoms with Crippen LogP contribution in [0.3, 0.4) is 0 Å². The minimum absolute atomic E-state index is 0.0225. The van der Waals surface area contributed by atoms with E-state index in [1.165, 1.54) is 21.0 Å². The predicted octanol–water partition coefficient (Wildman–Crippen LogP) is -1.34. The molecular formula is C10H14N4O4S. The molecule has 1 aromatic rings. The average Bonchev–Trinajstić information content (AvgIpc) is 2.30. The first-order chi connectivity index (χ1) is 8.70. The number of hydrogen-bond acceptors (Lipinski definition) is 5. The van der Waals surface area contributed by atoms with Crippen LogP contribution < -0.4 is 16.0 Å². The Balaban J connectivity index is 3.36. The molecular weight excluding hydrogens is 272 g/mol. The van der Waals surface area contributed by atoms with E-state index in [-0.39, 0.29) is 6.42 Å². The molecule has 19 heavy (non-hydrogen) atoms. The highest BCUT2D eigenvalue weighted by atomic mass is 32.2. The SMILES string of the molecule is CC(CC#N)NS(=O)(=O)c1cn(C)c(=O)n(C)c1=O. The maximum absolute atomic E-state index is 12.0. The second-order valence-electron chi connectivity index (χ2n) is 4.14. The number of nitriles is 1. The molecule has 0 radical (unpaired) electrons. The highest BCUT2D eigenvalue weighted by molar-refractivity contribution is 7.89. The molecule has 1 heterocycles. The van der Waals surface area contributed by atoms with Gasteiger partial charge in [0.15, 0.2) is 4.90 Å². The van der Waals surface area contributed by atoms with Crippen molar-refractivity contribution in [1.82, 2.24) is 13.9 Å². The summed E-state index contributed by atoms with van der Waals surface area (Å²) in [5, 5.41) is 8.49. The summed E-state index contributed by atoms with van der Waals surface area (Å²) in [7, 11) is -1.52. The molecule has 104 valence electrons. The van der Waals surface area contributed by atoms with E-state index in [0.29, 0.717) is 4.57 Å². The van der Waals surface area contributed by atoms with Crippen molar-refractivity contribution in [3.8, 4) is 6.07 Å². The summed E-state index contributed by atoms with van der Waals surface area (Å²) in [5.41, 5.74) is -1.52. The van der Waals surface area contributed by atoms with E-state index in [9.17, 15) is 18.0 Å². The van der Waals surface area contributed by atoms with Gasteiger partial charge in [0.1, 0.15) is 0 Å². The topological polar surface area (TPSA) is 114 Å². The first kappa shape index (κ1) is 15.1. The Kier molecular flexibility index (Phi) is 4.28. The molecule has 0 aliphatic heterocycles. The molecule has 0 spiro atoms. The number of aromatic nitrogens is 2. The molecule has 1 aromatic heterocycles. The number of sulfonamides is 1. The Hall–Kier alpha value is -1.92. The Morgan fingerprint density at radius 2 is 2.00 bits per heavy atom. The Bertz CT molecular complexity index is 738. The molecule has 8 nitrogen and oxygen atoms in total. The quantitative estimate of drug-likeness (QED) is 0.736. The van der Waals surface area contributed by atoms with Gasteiger partial charge in [-0.15, -0.1) is 0 Å². The van der Waals surface area contributed by atoms with Crippen LogP contribution in [0.15, 0.2) is 20.7 Å². The maximum atomic E-state index is 12.0. The largest absolute Gasteiger partial charge is 0.330 e. The van der Waals surface area contributed by atoms with Crippen LogP contribution in [-0.4, -0.2) is 23.6 Å². The van der Waals surface area contributed by atoms with Crippen LogP contribution in [0.5, 0.6) is 0 Å². The molecule has 0 saturated carbocycles. The van der Waals surface area contributed by atoms with Crippen molar-refractivity contribution in [3.63, 3.8) is 0 Å². The second kappa shape index (κ2) is 5.38. The monoisotopic (exact) mass is 286 g/mol. The molecule has 1 N–H and O–H groups in total. The Morgan fingerprint density at radius 3 is 2.53 bits per heavy atom. The van der Waals surface area contributed by atoms with Gasteiger partial charge >= 0.3 is 5.69 Å². The number of rotatable bonds is 4. The third-order valence-corrected chi connectivity index (χ3v) is 4.03. The van der Waals surface area contributed by atoms with E-state index < -0.39 is 32.2 Å². The van der Waals surface area contributed by atoms with Gasteiger partial charge in [0.25, 0.3) is 5.56 Å². The van der Waals surface area contributed by atoms with Gasteiger partial charge < -0.3 is 4.57 Å². The molecule has 0 saturated heterocycles. The van der Waals surface area contributed by atoms with Crippen LogP contribution in [0.4, 0.5) is 0 Å². The van der Waals surface area contributed by atoms with Crippen LogP contribution in [0.2, 0.25) is 0 Å². The molecule has 0 amide bonds. The van der Waals surface area contributed by atoms with Crippen LogP contribution in [0.25, 0.3) is 0 Å². The van der Waals surface area contributed by atoms with E-state index in [0.717, 1.165) is 10.8 Å². The highest BCUT2D eigenvalue weighted by Crippen LogP contribution is 2.02. The first-order valence-electron chi connectivity index (χ1n) is 5.36. The molecule has 0 fully saturated rings. The van der Waals surface area contributed by atoms with E-state index in [4.69, 9.17) is 5.26 Å². The van der Waals surface area contributed by atoms with E-state index in [1.54, 1.807) is 0 Å². The third-order valence-electron chi connectivity index (χ3n) is 2.46. The number of aryl methyl sites for hydroxylation is 1. The first-order valence-corrected chi connectivity index (χ1v) is 6.85. The molecule has 0 aliphatic rings. The molecule has 1 unspecified atom stereocenters. The summed E-state index contributed by atoms with van der Waals surface area (Å²) < 4.78 is 27.9. The zero-order valence-corrected chi connectivity index (χ0v) is 11.6. The zero-order valence-electron chi connectivity index (χ0n) is 10.7. The highest BCUT2D eigenvalue weighted by Gasteiger charge is 2.23. The lowest BCUT2D eigenvalue weighted by Crippen LogP contribution is -2.43. The molecule has 9 heteroatoms. The van der Waals surface area contributed by atoms with Gasteiger partial charge in [-0.3, -0.25) is 9.36 Å². The van der Waals surface area contributed by atoms with Crippen molar-refractivity contribution >= 4 is 10.0 Å². The van der Waals surface area contributed by atoms with Gasteiger partial charge in [-0.2, -0.15) is 5.26 Å². The summed E-state index contributed by atoms with van der Waals surface area (Å²) in [6, 6.07) is 1.19. The van der Waals surface area contributed by atoms with Gasteiger partial charge in [-0.1, -0.05) is 0 Å². The van der Waals surface area contributed by atoms with Gasteiger partial charge in [0.2, 0.25) is 10.0 Å². The fourth-order valence-electron chi connectivity index (χ4n) is 1.47. The van der Waals surface area contributed by atoms with Crippen LogP contribution in [0.1, 0.15) is 13.3 Å². The predicted molar refractivity (Wildman–Crippen MR) is 66.9 cm³/mol. The Labute approximate surface area is 110 Å². The standard InChI is InChI=1S/C10H14N4O4S/c1-7(4-5-11)12-19(17,18)8-6-13(2)10(16)14(3)9(8)15/h6-7,12H,4H2,1-3H3. The smallest absolute Gasteiger partial charge is 0.302 e. The van der Waals surface area contributed by atoms with Gasteiger partial charge in [-0.25, -0.2) is 17.9 Å². The molecule has 0 aromatic carbocycles. The molecule has 0 bridgehead atoms. The fourth-order valence-corrected chi connectivity index (χ4v) is 2.87. The maximum Gasteiger partial charge on any atom is 0.330 e. The molecule has 0 aliphatic carbocycles. The minimum Gasteiger partial charge on any atom is -0.302 e. The normalized spacial score (nSPS) is 12.9. The van der Waals surface area contributed by atoms with Crippen molar-refractivity contribution in [2.45, 2.75) is 24.3 Å². The average molecular weight is 286 g/mol. The summed E-state index contributed by atoms with van der Waals surface area (Å²) in [6.45, 7) is 1.51. The van der Waals surface area contributed by atoms with E-state index in [1.807, 2.05) is 6.07 Å². The lowest BCUT2D eigenvalue weighted by atomic mass is 10.3. The summed E-state index contributed by atoms with van der Waals surface area (Å²) in [5.74, 6) is 0. The van der Waals surface area contributed by atoms with Crippen LogP contribution in [-0.2, 0) is 24.1 Å². The van der Waals surface area contributed by atoms with E-state index >= 15 is 0 Å². The van der Waals surface area contributed by atoms with Gasteiger partial charge in [-0.05, 0) is 6.92 Å². The number of nitrogens with one attached hydrogen (secondary N) is 1. The summed E-state index contributed by atoms with van der Waals surface area (Å²) in [6.07, 6.45) is 0.942. The lowest BCUT2D eigenvalue weighted by molar-refractivity contribution is 0.554. The van der Waals surface area contributed by atoms with E-state index in [2.05, 4.69) is 4.72 Å². The molecule has 1 atom stereocenters. The van der Waals surface area contributed by atoms with Gasteiger partial charge in [0.05, 0.1) is 12.5 Å². The second-order valence-corrected chi connectivity index (χ2v) is 5.82. The summed E-state index contributed by atoms with van der Waals surface area (Å²) >= 11 is 0. The van der Waals surface area contributed by atoms with Crippen molar-refractivity contribution < 1.29 is 8.42 Å². The van der Waals surface area contributed by atoms with Gasteiger partial charge in [0, 0.05) is 26.3 Å². The Morgan fingerprint density at radius 1 is 1.42 bits per heavy atom. The minimum atomic E-state index is -4.07. The molecule has 1 rings (SSSR count). The van der Waals surface area contributed by atoms with Crippen molar-refractivity contribution in [2.75, 3.05) is 0 Å². The van der Waals surface area contributed by atoms with Crippen molar-refractivity contribution in [2.24, 2.45) is 14.1 Å². The summed E-state index contributed by atoms with van der Waals surface area (Å²) in [4.78, 5) is 22.7. The zero-order chi connectivity index (χ0) is 14.8. The van der Waals surface area contributed by atoms with Crippen LogP contribution in [0, 0.1) is 11.3 Å². The number of hydrogen-bond donors (Lipinski definition) is 1. The lowest BCUT2D eigenvalue weighted by Gasteiger charge is -2.12. The van der Waals surface area contributed by atoms with Crippen molar-refractivity contribution in [1.29, 1.82) is 5.26 Å². The fraction of sp³-hybridized carbons (Fsp3) is 0.500. The van der Waals surface area contributed by atoms with Crippen LogP contribution >= 0.6 is 0 Å². The van der Waals surface area contributed by atoms with Crippen molar-refractivity contribution in [3.05, 3.63) is 27.0 Å².